The molecule has 118 valence electrons. The van der Waals surface area contributed by atoms with Crippen molar-refractivity contribution in [3.05, 3.63) is 47.5 Å². The van der Waals surface area contributed by atoms with Crippen LogP contribution in [0.4, 0.5) is 0 Å². The third-order valence-electron chi connectivity index (χ3n) is 3.41. The van der Waals surface area contributed by atoms with E-state index in [0.29, 0.717) is 11.3 Å². The predicted molar refractivity (Wildman–Crippen MR) is 87.8 cm³/mol. The van der Waals surface area contributed by atoms with Crippen molar-refractivity contribution in [2.75, 3.05) is 5.88 Å². The van der Waals surface area contributed by atoms with Crippen LogP contribution in [0.3, 0.4) is 0 Å². The quantitative estimate of drug-likeness (QED) is 0.719. The van der Waals surface area contributed by atoms with Crippen LogP contribution in [0.15, 0.2) is 36.4 Å². The van der Waals surface area contributed by atoms with Crippen LogP contribution in [-0.4, -0.2) is 31.9 Å². The second-order valence-corrected chi connectivity index (χ2v) is 5.45. The van der Waals surface area contributed by atoms with Gasteiger partial charge in [-0.3, -0.25) is 4.79 Å². The van der Waals surface area contributed by atoms with Gasteiger partial charge in [-0.2, -0.15) is 0 Å². The van der Waals surface area contributed by atoms with E-state index in [-0.39, 0.29) is 24.1 Å². The Bertz CT molecular complexity index is 843. The van der Waals surface area contributed by atoms with Crippen LogP contribution in [0.2, 0.25) is 0 Å². The monoisotopic (exact) mass is 330 g/mol. The first-order valence-electron chi connectivity index (χ1n) is 7.06. The van der Waals surface area contributed by atoms with E-state index in [1.807, 2.05) is 31.2 Å². The fourth-order valence-corrected chi connectivity index (χ4v) is 2.42. The highest BCUT2D eigenvalue weighted by Gasteiger charge is 2.14. The number of alkyl halides is 1. The van der Waals surface area contributed by atoms with Gasteiger partial charge in [-0.15, -0.1) is 26.6 Å². The van der Waals surface area contributed by atoms with Gasteiger partial charge in [0, 0.05) is 12.1 Å². The standard InChI is InChI=1S/C16H15ClN4O2/c1-10-6-11(9-18-15(22)8-17)16(23)14(7-10)21-19-12-4-2-3-5-13(12)20-21/h2-7,23H,8-9H2,1H3,(H,18,22). The zero-order valence-electron chi connectivity index (χ0n) is 12.5. The number of aromatic nitrogens is 3. The van der Waals surface area contributed by atoms with Crippen LogP contribution in [0.1, 0.15) is 11.1 Å². The van der Waals surface area contributed by atoms with Crippen molar-refractivity contribution >= 4 is 28.5 Å². The molecule has 0 unspecified atom stereocenters. The van der Waals surface area contributed by atoms with Gasteiger partial charge in [-0.25, -0.2) is 0 Å². The van der Waals surface area contributed by atoms with Gasteiger partial charge in [-0.05, 0) is 30.7 Å². The minimum absolute atomic E-state index is 0.0331. The number of amides is 1. The Labute approximate surface area is 137 Å². The summed E-state index contributed by atoms with van der Waals surface area (Å²) < 4.78 is 0. The minimum Gasteiger partial charge on any atom is -0.505 e. The highest BCUT2D eigenvalue weighted by atomic mass is 35.5. The zero-order valence-corrected chi connectivity index (χ0v) is 13.2. The molecule has 0 aliphatic heterocycles. The van der Waals surface area contributed by atoms with Crippen LogP contribution in [0.25, 0.3) is 16.7 Å². The molecular formula is C16H15ClN4O2. The molecule has 3 aromatic rings. The second-order valence-electron chi connectivity index (χ2n) is 5.18. The van der Waals surface area contributed by atoms with Crippen LogP contribution in [-0.2, 0) is 11.3 Å². The molecule has 0 atom stereocenters. The Balaban J connectivity index is 2.01. The third kappa shape index (κ3) is 3.12. The molecule has 0 fully saturated rings. The smallest absolute Gasteiger partial charge is 0.235 e. The Morgan fingerprint density at radius 2 is 1.91 bits per heavy atom. The molecule has 0 radical (unpaired) electrons. The first-order chi connectivity index (χ1) is 11.1. The Hall–Kier alpha value is -2.60. The molecule has 2 aromatic carbocycles. The number of halogens is 1. The van der Waals surface area contributed by atoms with E-state index in [4.69, 9.17) is 11.6 Å². The lowest BCUT2D eigenvalue weighted by atomic mass is 10.1. The van der Waals surface area contributed by atoms with Gasteiger partial charge in [0.05, 0.1) is 0 Å². The number of aryl methyl sites for hydroxylation is 1. The number of carbonyl (C=O) groups is 1. The number of carbonyl (C=O) groups excluding carboxylic acids is 1. The van der Waals surface area contributed by atoms with E-state index in [1.165, 1.54) is 4.80 Å². The number of hydrogen-bond acceptors (Lipinski definition) is 4. The summed E-state index contributed by atoms with van der Waals surface area (Å²) in [6, 6.07) is 11.1. The summed E-state index contributed by atoms with van der Waals surface area (Å²) in [5.74, 6) is -0.381. The fourth-order valence-electron chi connectivity index (χ4n) is 2.33. The predicted octanol–water partition coefficient (Wildman–Crippen LogP) is 2.29. The molecule has 1 amide bonds. The van der Waals surface area contributed by atoms with Gasteiger partial charge in [-0.1, -0.05) is 18.2 Å². The Kier molecular flexibility index (Phi) is 4.16. The maximum atomic E-state index is 11.3. The first-order valence-corrected chi connectivity index (χ1v) is 7.59. The molecule has 0 saturated heterocycles. The van der Waals surface area contributed by atoms with Crippen molar-refractivity contribution in [1.29, 1.82) is 0 Å². The van der Waals surface area contributed by atoms with Crippen LogP contribution in [0, 0.1) is 6.92 Å². The highest BCUT2D eigenvalue weighted by molar-refractivity contribution is 6.27. The molecular weight excluding hydrogens is 316 g/mol. The summed E-state index contributed by atoms with van der Waals surface area (Å²) >= 11 is 5.46. The van der Waals surface area contributed by atoms with E-state index in [0.717, 1.165) is 16.6 Å². The molecule has 0 aliphatic carbocycles. The maximum Gasteiger partial charge on any atom is 0.235 e. The van der Waals surface area contributed by atoms with Crippen molar-refractivity contribution in [3.63, 3.8) is 0 Å². The van der Waals surface area contributed by atoms with Crippen LogP contribution in [0.5, 0.6) is 5.75 Å². The summed E-state index contributed by atoms with van der Waals surface area (Å²) in [6.45, 7) is 2.09. The van der Waals surface area contributed by atoms with Gasteiger partial charge >= 0.3 is 0 Å². The van der Waals surface area contributed by atoms with Gasteiger partial charge in [0.2, 0.25) is 5.91 Å². The lowest BCUT2D eigenvalue weighted by molar-refractivity contribution is -0.118. The minimum atomic E-state index is -0.294. The van der Waals surface area contributed by atoms with E-state index in [2.05, 4.69) is 15.5 Å². The lowest BCUT2D eigenvalue weighted by Crippen LogP contribution is -2.23. The SMILES string of the molecule is Cc1cc(CNC(=O)CCl)c(O)c(-n2nc3ccccc3n2)c1. The molecule has 0 aliphatic rings. The zero-order chi connectivity index (χ0) is 16.4. The summed E-state index contributed by atoms with van der Waals surface area (Å²) in [6.07, 6.45) is 0. The van der Waals surface area contributed by atoms with Crippen molar-refractivity contribution in [2.45, 2.75) is 13.5 Å². The molecule has 23 heavy (non-hydrogen) atoms. The van der Waals surface area contributed by atoms with E-state index < -0.39 is 0 Å². The molecule has 1 heterocycles. The second kappa shape index (κ2) is 6.26. The number of phenols is 1. The highest BCUT2D eigenvalue weighted by Crippen LogP contribution is 2.27. The summed E-state index contributed by atoms with van der Waals surface area (Å²) in [5.41, 5.74) is 3.46. The van der Waals surface area contributed by atoms with Crippen LogP contribution < -0.4 is 5.32 Å². The number of benzene rings is 2. The van der Waals surface area contributed by atoms with Gasteiger partial charge in [0.1, 0.15) is 28.4 Å². The number of rotatable bonds is 4. The summed E-state index contributed by atoms with van der Waals surface area (Å²) in [5, 5.41) is 21.9. The topological polar surface area (TPSA) is 80.0 Å². The fraction of sp³-hybridized carbons (Fsp3) is 0.188. The molecule has 0 bridgehead atoms. The van der Waals surface area contributed by atoms with Gasteiger partial charge < -0.3 is 10.4 Å². The Morgan fingerprint density at radius 1 is 1.26 bits per heavy atom. The third-order valence-corrected chi connectivity index (χ3v) is 3.66. The number of fused-ring (bicyclic) bond motifs is 1. The molecule has 3 rings (SSSR count). The van der Waals surface area contributed by atoms with Crippen molar-refractivity contribution in [2.24, 2.45) is 0 Å². The molecule has 6 nitrogen and oxygen atoms in total. The molecule has 1 aromatic heterocycles. The maximum absolute atomic E-state index is 11.3. The number of nitrogens with one attached hydrogen (secondary N) is 1. The summed E-state index contributed by atoms with van der Waals surface area (Å²) in [4.78, 5) is 12.7. The first kappa shape index (κ1) is 15.3. The van der Waals surface area contributed by atoms with Crippen molar-refractivity contribution in [1.82, 2.24) is 20.3 Å². The van der Waals surface area contributed by atoms with E-state index in [9.17, 15) is 9.90 Å². The number of nitrogens with zero attached hydrogens (tertiary/aromatic N) is 3. The molecule has 0 saturated carbocycles. The van der Waals surface area contributed by atoms with Gasteiger partial charge in [0.15, 0.2) is 0 Å². The normalized spacial score (nSPS) is 10.9. The number of aromatic hydroxyl groups is 1. The van der Waals surface area contributed by atoms with Crippen molar-refractivity contribution in [3.8, 4) is 11.4 Å². The number of hydrogen-bond donors (Lipinski definition) is 2. The average molecular weight is 331 g/mol. The largest absolute Gasteiger partial charge is 0.505 e. The van der Waals surface area contributed by atoms with E-state index in [1.54, 1.807) is 12.1 Å². The van der Waals surface area contributed by atoms with Crippen LogP contribution >= 0.6 is 11.6 Å². The molecule has 2 N–H and O–H groups in total. The van der Waals surface area contributed by atoms with Crippen molar-refractivity contribution < 1.29 is 9.90 Å². The Morgan fingerprint density at radius 3 is 2.52 bits per heavy atom. The van der Waals surface area contributed by atoms with E-state index >= 15 is 0 Å². The van der Waals surface area contributed by atoms with Gasteiger partial charge in [0.25, 0.3) is 0 Å². The summed E-state index contributed by atoms with van der Waals surface area (Å²) in [7, 11) is 0. The average Bonchev–Trinajstić information content (AvgIpc) is 2.98. The number of phenolic OH excluding ortho intramolecular Hbond substituents is 1. The molecule has 7 heteroatoms. The lowest BCUT2D eigenvalue weighted by Gasteiger charge is -2.11. The molecule has 0 spiro atoms.